The molecule has 23 heavy (non-hydrogen) atoms. The first-order chi connectivity index (χ1) is 11.1. The third-order valence-electron chi connectivity index (χ3n) is 3.06. The lowest BCUT2D eigenvalue weighted by Crippen LogP contribution is -2.20. The summed E-state index contributed by atoms with van der Waals surface area (Å²) in [6.07, 6.45) is 1.59. The van der Waals surface area contributed by atoms with Crippen molar-refractivity contribution in [3.8, 4) is 17.4 Å². The fourth-order valence-electron chi connectivity index (χ4n) is 2.10. The van der Waals surface area contributed by atoms with Crippen LogP contribution in [-0.4, -0.2) is 25.9 Å². The molecule has 0 amide bonds. The molecule has 3 aromatic heterocycles. The van der Waals surface area contributed by atoms with Crippen LogP contribution in [0.2, 0.25) is 0 Å². The van der Waals surface area contributed by atoms with E-state index in [0.717, 1.165) is 11.3 Å². The highest BCUT2D eigenvalue weighted by Gasteiger charge is 2.16. The van der Waals surface area contributed by atoms with Gasteiger partial charge in [0, 0.05) is 11.3 Å². The van der Waals surface area contributed by atoms with Gasteiger partial charge in [0.15, 0.2) is 17.2 Å². The smallest absolute Gasteiger partial charge is 0.194 e. The number of H-pyrrole nitrogens is 1. The Morgan fingerprint density at radius 1 is 1.57 bits per heavy atom. The number of fused-ring (bicyclic) bond motifs is 1. The third-order valence-corrected chi connectivity index (χ3v) is 3.25. The van der Waals surface area contributed by atoms with Crippen molar-refractivity contribution in [3.05, 3.63) is 30.2 Å². The minimum absolute atomic E-state index is 0.0811. The van der Waals surface area contributed by atoms with Crippen molar-refractivity contribution < 1.29 is 4.42 Å². The molecule has 0 aromatic carbocycles. The lowest BCUT2D eigenvalue weighted by Gasteiger charge is -2.04. The van der Waals surface area contributed by atoms with Gasteiger partial charge in [0.05, 0.1) is 11.6 Å². The van der Waals surface area contributed by atoms with Crippen LogP contribution < -0.4 is 11.2 Å². The largest absolute Gasteiger partial charge is 0.464 e. The van der Waals surface area contributed by atoms with Gasteiger partial charge in [0.1, 0.15) is 16.8 Å². The van der Waals surface area contributed by atoms with Crippen LogP contribution in [0.3, 0.4) is 0 Å². The maximum atomic E-state index is 8.94. The lowest BCUT2D eigenvalue weighted by atomic mass is 10.1. The van der Waals surface area contributed by atoms with Crippen LogP contribution in [-0.2, 0) is 0 Å². The summed E-state index contributed by atoms with van der Waals surface area (Å²) in [6, 6.07) is 7.33. The highest BCUT2D eigenvalue weighted by Crippen LogP contribution is 2.32. The van der Waals surface area contributed by atoms with E-state index in [1.54, 1.807) is 12.3 Å². The van der Waals surface area contributed by atoms with E-state index >= 15 is 0 Å². The van der Waals surface area contributed by atoms with E-state index in [1.807, 2.05) is 25.1 Å². The highest BCUT2D eigenvalue weighted by molar-refractivity contribution is 7.82. The van der Waals surface area contributed by atoms with E-state index in [9.17, 15) is 0 Å². The summed E-state index contributed by atoms with van der Waals surface area (Å²) < 4.78 is 5.47. The van der Waals surface area contributed by atoms with Gasteiger partial charge in [-0.3, -0.25) is 10.5 Å². The van der Waals surface area contributed by atoms with Crippen LogP contribution in [0.4, 0.5) is 5.82 Å². The number of aryl methyl sites for hydroxylation is 1. The van der Waals surface area contributed by atoms with Crippen LogP contribution in [0.1, 0.15) is 5.69 Å². The number of nitrogens with one attached hydrogen (secondary N) is 2. The Kier molecular flexibility index (Phi) is 3.74. The lowest BCUT2D eigenvalue weighted by molar-refractivity contribution is 0.583. The standard InChI is InChI=1S/C14H11N7OS/c1-7-5-8(10-3-2-4-22-10)11-13(17-7)19-21-14(11)20-18-9(6-15)12(16)23/h2-5H,1H3,(H2,16,23)(H2,17,19,20,21)/b18-9+. The summed E-state index contributed by atoms with van der Waals surface area (Å²) in [4.78, 5) is 4.27. The van der Waals surface area contributed by atoms with E-state index in [1.165, 1.54) is 0 Å². The third kappa shape index (κ3) is 2.75. The van der Waals surface area contributed by atoms with Crippen molar-refractivity contribution in [2.75, 3.05) is 5.43 Å². The first-order valence-corrected chi connectivity index (χ1v) is 6.94. The molecule has 0 unspecified atom stereocenters. The second-order valence-corrected chi connectivity index (χ2v) is 5.07. The van der Waals surface area contributed by atoms with Gasteiger partial charge in [-0.1, -0.05) is 12.2 Å². The topological polar surface area (TPSA) is 129 Å². The summed E-state index contributed by atoms with van der Waals surface area (Å²) in [7, 11) is 0. The monoisotopic (exact) mass is 325 g/mol. The van der Waals surface area contributed by atoms with Gasteiger partial charge in [-0.15, -0.1) is 0 Å². The zero-order chi connectivity index (χ0) is 16.4. The number of nitrogens with two attached hydrogens (primary N) is 1. The average molecular weight is 325 g/mol. The number of pyridine rings is 1. The minimum Gasteiger partial charge on any atom is -0.464 e. The van der Waals surface area contributed by atoms with Crippen molar-refractivity contribution in [1.29, 1.82) is 5.26 Å². The summed E-state index contributed by atoms with van der Waals surface area (Å²) in [5, 5.41) is 20.5. The molecule has 4 N–H and O–H groups in total. The van der Waals surface area contributed by atoms with Crippen molar-refractivity contribution in [2.24, 2.45) is 10.8 Å². The first-order valence-electron chi connectivity index (χ1n) is 6.53. The summed E-state index contributed by atoms with van der Waals surface area (Å²) in [5.41, 5.74) is 10.2. The summed E-state index contributed by atoms with van der Waals surface area (Å²) in [6.45, 7) is 1.87. The van der Waals surface area contributed by atoms with Gasteiger partial charge in [-0.25, -0.2) is 4.98 Å². The van der Waals surface area contributed by atoms with E-state index in [-0.39, 0.29) is 10.7 Å². The highest BCUT2D eigenvalue weighted by atomic mass is 32.1. The van der Waals surface area contributed by atoms with Crippen LogP contribution in [0.15, 0.2) is 34.0 Å². The molecule has 0 fully saturated rings. The molecular weight excluding hydrogens is 314 g/mol. The molecule has 0 saturated heterocycles. The maximum absolute atomic E-state index is 8.94. The van der Waals surface area contributed by atoms with Crippen LogP contribution in [0, 0.1) is 18.3 Å². The number of furan rings is 1. The molecule has 0 bridgehead atoms. The van der Waals surface area contributed by atoms with Gasteiger partial charge in [0.2, 0.25) is 0 Å². The molecule has 0 aliphatic heterocycles. The fourth-order valence-corrected chi connectivity index (χ4v) is 2.19. The van der Waals surface area contributed by atoms with E-state index in [4.69, 9.17) is 27.6 Å². The number of aromatic amines is 1. The van der Waals surface area contributed by atoms with Gasteiger partial charge in [0.25, 0.3) is 0 Å². The van der Waals surface area contributed by atoms with E-state index in [0.29, 0.717) is 22.6 Å². The number of nitrogens with zero attached hydrogens (tertiary/aromatic N) is 4. The number of rotatable bonds is 4. The van der Waals surface area contributed by atoms with Gasteiger partial charge >= 0.3 is 0 Å². The molecule has 0 radical (unpaired) electrons. The SMILES string of the molecule is Cc1cc(-c2ccco2)c2c(N/N=C(\C#N)C(N)=S)[nH]nc2n1. The molecular formula is C14H11N7OS. The normalized spacial score (nSPS) is 11.4. The Morgan fingerprint density at radius 3 is 3.04 bits per heavy atom. The molecule has 0 aliphatic rings. The predicted octanol–water partition coefficient (Wildman–Crippen LogP) is 2.10. The van der Waals surface area contributed by atoms with Crippen molar-refractivity contribution in [3.63, 3.8) is 0 Å². The molecule has 9 heteroatoms. The first kappa shape index (κ1) is 14.7. The van der Waals surface area contributed by atoms with Gasteiger partial charge < -0.3 is 10.2 Å². The second-order valence-electron chi connectivity index (χ2n) is 4.63. The molecule has 3 heterocycles. The Bertz CT molecular complexity index is 950. The quantitative estimate of drug-likeness (QED) is 0.380. The van der Waals surface area contributed by atoms with Crippen LogP contribution in [0.25, 0.3) is 22.4 Å². The average Bonchev–Trinajstić information content (AvgIpc) is 3.16. The Hall–Kier alpha value is -3.25. The molecule has 0 aliphatic carbocycles. The van der Waals surface area contributed by atoms with Crippen molar-refractivity contribution in [1.82, 2.24) is 15.2 Å². The number of anilines is 1. The minimum atomic E-state index is -0.0935. The zero-order valence-electron chi connectivity index (χ0n) is 12.0. The van der Waals surface area contributed by atoms with Crippen LogP contribution >= 0.6 is 12.2 Å². The number of hydrogen-bond donors (Lipinski definition) is 3. The zero-order valence-corrected chi connectivity index (χ0v) is 12.8. The molecule has 3 rings (SSSR count). The predicted molar refractivity (Wildman–Crippen MR) is 89.8 cm³/mol. The van der Waals surface area contributed by atoms with Gasteiger partial charge in [-0.2, -0.15) is 15.5 Å². The second kappa shape index (κ2) is 5.86. The number of hydrogen-bond acceptors (Lipinski definition) is 7. The maximum Gasteiger partial charge on any atom is 0.194 e. The number of aromatic nitrogens is 3. The molecule has 8 nitrogen and oxygen atoms in total. The number of thiocarbonyl (C=S) groups is 1. The number of nitriles is 1. The van der Waals surface area contributed by atoms with Crippen LogP contribution in [0.5, 0.6) is 0 Å². The van der Waals surface area contributed by atoms with E-state index < -0.39 is 0 Å². The summed E-state index contributed by atoms with van der Waals surface area (Å²) in [5.74, 6) is 1.13. The molecule has 3 aromatic rings. The number of hydrazone groups is 1. The van der Waals surface area contributed by atoms with E-state index in [2.05, 4.69) is 25.7 Å². The molecule has 0 saturated carbocycles. The van der Waals surface area contributed by atoms with Crippen molar-refractivity contribution >= 4 is 39.8 Å². The Balaban J connectivity index is 2.13. The Labute approximate surface area is 136 Å². The molecule has 114 valence electrons. The summed E-state index contributed by atoms with van der Waals surface area (Å²) >= 11 is 4.75. The van der Waals surface area contributed by atoms with Crippen molar-refractivity contribution in [2.45, 2.75) is 6.92 Å². The molecule has 0 atom stereocenters. The Morgan fingerprint density at radius 2 is 2.39 bits per heavy atom. The fraction of sp³-hybridized carbons (Fsp3) is 0.0714. The van der Waals surface area contributed by atoms with Gasteiger partial charge in [-0.05, 0) is 25.1 Å². The molecule has 0 spiro atoms.